The maximum atomic E-state index is 13.9. The smallest absolute Gasteiger partial charge is 0.407 e. The van der Waals surface area contributed by atoms with Crippen molar-refractivity contribution >= 4 is 17.9 Å². The molecule has 2 aliphatic rings. The van der Waals surface area contributed by atoms with Crippen molar-refractivity contribution in [1.82, 2.24) is 10.2 Å². The fourth-order valence-corrected chi connectivity index (χ4v) is 5.37. The number of ether oxygens (including phenoxy) is 2. The molecule has 8 heteroatoms. The first-order valence-electron chi connectivity index (χ1n) is 12.8. The number of rotatable bonds is 3. The number of aryl methyl sites for hydroxylation is 1. The van der Waals surface area contributed by atoms with Gasteiger partial charge in [0.15, 0.2) is 0 Å². The van der Waals surface area contributed by atoms with Crippen molar-refractivity contribution in [3.8, 4) is 11.1 Å². The molecule has 4 bridgehead atoms. The average Bonchev–Trinajstić information content (AvgIpc) is 3.28. The third-order valence-electron chi connectivity index (χ3n) is 7.49. The highest BCUT2D eigenvalue weighted by Crippen LogP contribution is 2.42. The molecule has 2 aromatic rings. The van der Waals surface area contributed by atoms with Gasteiger partial charge in [-0.3, -0.25) is 9.59 Å². The van der Waals surface area contributed by atoms with E-state index in [1.54, 1.807) is 7.11 Å². The van der Waals surface area contributed by atoms with Crippen molar-refractivity contribution in [1.29, 1.82) is 0 Å². The van der Waals surface area contributed by atoms with Crippen LogP contribution in [0.15, 0.2) is 48.5 Å². The number of alkyl carbamates (subject to hydrolysis) is 1. The zero-order valence-electron chi connectivity index (χ0n) is 22.1. The minimum atomic E-state index is -0.914. The third-order valence-corrected chi connectivity index (χ3v) is 7.49. The van der Waals surface area contributed by atoms with Crippen molar-refractivity contribution in [3.63, 3.8) is 0 Å². The predicted molar refractivity (Wildman–Crippen MR) is 141 cm³/mol. The molecule has 0 aromatic heterocycles. The molecule has 1 fully saturated rings. The maximum absolute atomic E-state index is 13.9. The number of amides is 3. The standard InChI is InChI=1S/C29H37N3O5/c1-28(2,3)24-26(34)32-18-29(36-4,17-23(32)25(30)33)21-13-14-22(19-10-6-5-7-11-19)20(16-21)12-8-9-15-37-27(35)31-24/h5-7,10-11,13-14,16,23-24H,8-9,12,15,17-18H2,1-4H3,(H2,30,33)(H,31,35)/t23-,24+,29-/m0/s1. The average molecular weight is 508 g/mol. The number of benzene rings is 2. The number of cyclic esters (lactones) is 1. The quantitative estimate of drug-likeness (QED) is 0.657. The van der Waals surface area contributed by atoms with E-state index in [2.05, 4.69) is 29.6 Å². The number of fused-ring (bicyclic) bond motifs is 5. The number of carbonyl (C=O) groups excluding carboxylic acids is 3. The van der Waals surface area contributed by atoms with Gasteiger partial charge in [-0.15, -0.1) is 0 Å². The van der Waals surface area contributed by atoms with Crippen LogP contribution in [0.25, 0.3) is 11.1 Å². The number of nitrogens with two attached hydrogens (primary N) is 1. The Labute approximate surface area is 218 Å². The summed E-state index contributed by atoms with van der Waals surface area (Å²) in [6, 6.07) is 14.6. The Kier molecular flexibility index (Phi) is 7.59. The summed E-state index contributed by atoms with van der Waals surface area (Å²) in [5, 5.41) is 2.74. The van der Waals surface area contributed by atoms with Gasteiger partial charge in [0.1, 0.15) is 17.7 Å². The molecule has 37 heavy (non-hydrogen) atoms. The molecule has 0 radical (unpaired) electrons. The molecule has 8 nitrogen and oxygen atoms in total. The van der Waals surface area contributed by atoms with Crippen LogP contribution in [0.2, 0.25) is 0 Å². The molecule has 1 saturated heterocycles. The summed E-state index contributed by atoms with van der Waals surface area (Å²) in [5.41, 5.74) is 8.51. The number of methoxy groups -OCH3 is 1. The molecule has 3 amide bonds. The van der Waals surface area contributed by atoms with Gasteiger partial charge in [0.05, 0.1) is 13.2 Å². The number of hydrogen-bond donors (Lipinski definition) is 2. The Morgan fingerprint density at radius 2 is 1.86 bits per heavy atom. The van der Waals surface area contributed by atoms with E-state index in [1.807, 2.05) is 45.0 Å². The molecule has 0 aliphatic carbocycles. The highest BCUT2D eigenvalue weighted by molar-refractivity contribution is 5.92. The molecule has 2 heterocycles. The number of carbonyl (C=O) groups is 3. The van der Waals surface area contributed by atoms with Crippen LogP contribution in [-0.2, 0) is 31.1 Å². The minimum Gasteiger partial charge on any atom is -0.450 e. The van der Waals surface area contributed by atoms with Crippen molar-refractivity contribution in [2.45, 2.75) is 64.1 Å². The molecule has 4 rings (SSSR count). The first kappa shape index (κ1) is 26.7. The van der Waals surface area contributed by atoms with Gasteiger partial charge in [-0.2, -0.15) is 0 Å². The molecule has 198 valence electrons. The van der Waals surface area contributed by atoms with Gasteiger partial charge in [-0.05, 0) is 46.9 Å². The van der Waals surface area contributed by atoms with Gasteiger partial charge in [0, 0.05) is 13.5 Å². The Hall–Kier alpha value is -3.39. The molecular formula is C29H37N3O5. The molecule has 2 aliphatic heterocycles. The molecule has 0 unspecified atom stereocenters. The normalized spacial score (nSPS) is 25.0. The lowest BCUT2D eigenvalue weighted by Crippen LogP contribution is -2.57. The van der Waals surface area contributed by atoms with Gasteiger partial charge in [-0.25, -0.2) is 4.79 Å². The van der Waals surface area contributed by atoms with E-state index in [4.69, 9.17) is 15.2 Å². The van der Waals surface area contributed by atoms with E-state index >= 15 is 0 Å². The number of primary amides is 1. The SMILES string of the molecule is CO[C@@]12C[C@@H](C(N)=O)N(C1)C(=O)[C@H](C(C)(C)C)NC(=O)OCCCCc1cc2ccc1-c1ccccc1. The summed E-state index contributed by atoms with van der Waals surface area (Å²) in [6.45, 7) is 5.96. The fraction of sp³-hybridized carbons (Fsp3) is 0.483. The summed E-state index contributed by atoms with van der Waals surface area (Å²) in [6.07, 6.45) is 1.85. The highest BCUT2D eigenvalue weighted by Gasteiger charge is 2.52. The zero-order chi connectivity index (χ0) is 26.8. The van der Waals surface area contributed by atoms with Gasteiger partial charge in [0.2, 0.25) is 11.8 Å². The second-order valence-corrected chi connectivity index (χ2v) is 11.1. The number of hydrogen-bond acceptors (Lipinski definition) is 5. The summed E-state index contributed by atoms with van der Waals surface area (Å²) < 4.78 is 11.5. The first-order chi connectivity index (χ1) is 17.6. The van der Waals surface area contributed by atoms with Gasteiger partial charge in [0.25, 0.3) is 0 Å². The van der Waals surface area contributed by atoms with E-state index < -0.39 is 35.1 Å². The van der Waals surface area contributed by atoms with Crippen molar-refractivity contribution in [2.24, 2.45) is 11.1 Å². The Balaban J connectivity index is 1.82. The monoisotopic (exact) mass is 507 g/mol. The largest absolute Gasteiger partial charge is 0.450 e. The van der Waals surface area contributed by atoms with Crippen LogP contribution in [0, 0.1) is 5.41 Å². The third kappa shape index (κ3) is 5.49. The second kappa shape index (κ2) is 10.5. The summed E-state index contributed by atoms with van der Waals surface area (Å²) >= 11 is 0. The molecule has 0 spiro atoms. The lowest BCUT2D eigenvalue weighted by atomic mass is 9.85. The van der Waals surface area contributed by atoms with Crippen LogP contribution in [0.4, 0.5) is 4.79 Å². The molecular weight excluding hydrogens is 470 g/mol. The van der Waals surface area contributed by atoms with Crippen molar-refractivity contribution in [3.05, 3.63) is 59.7 Å². The highest BCUT2D eigenvalue weighted by atomic mass is 16.5. The van der Waals surface area contributed by atoms with E-state index in [0.29, 0.717) is 6.42 Å². The van der Waals surface area contributed by atoms with Crippen LogP contribution in [0.3, 0.4) is 0 Å². The Bertz CT molecular complexity index is 1160. The van der Waals surface area contributed by atoms with E-state index in [9.17, 15) is 14.4 Å². The number of nitrogens with zero attached hydrogens (tertiary/aromatic N) is 1. The molecule has 3 N–H and O–H groups in total. The lowest BCUT2D eigenvalue weighted by Gasteiger charge is -2.35. The van der Waals surface area contributed by atoms with Crippen LogP contribution >= 0.6 is 0 Å². The molecule has 2 aromatic carbocycles. The molecule has 3 atom stereocenters. The van der Waals surface area contributed by atoms with Crippen LogP contribution in [-0.4, -0.2) is 55.2 Å². The van der Waals surface area contributed by atoms with Crippen molar-refractivity contribution in [2.75, 3.05) is 20.3 Å². The minimum absolute atomic E-state index is 0.142. The topological polar surface area (TPSA) is 111 Å². The maximum Gasteiger partial charge on any atom is 0.407 e. The van der Waals surface area contributed by atoms with Crippen LogP contribution < -0.4 is 11.1 Å². The van der Waals surface area contributed by atoms with Crippen LogP contribution in [0.1, 0.15) is 51.2 Å². The number of nitrogens with one attached hydrogen (secondary N) is 1. The molecule has 0 saturated carbocycles. The van der Waals surface area contributed by atoms with Gasteiger partial charge >= 0.3 is 6.09 Å². The predicted octanol–water partition coefficient (Wildman–Crippen LogP) is 3.76. The lowest BCUT2D eigenvalue weighted by molar-refractivity contribution is -0.141. The van der Waals surface area contributed by atoms with E-state index in [1.165, 1.54) is 4.90 Å². The summed E-state index contributed by atoms with van der Waals surface area (Å²) in [4.78, 5) is 40.5. The van der Waals surface area contributed by atoms with E-state index in [0.717, 1.165) is 35.1 Å². The van der Waals surface area contributed by atoms with E-state index in [-0.39, 0.29) is 25.5 Å². The Morgan fingerprint density at radius 3 is 2.51 bits per heavy atom. The van der Waals surface area contributed by atoms with Crippen molar-refractivity contribution < 1.29 is 23.9 Å². The second-order valence-electron chi connectivity index (χ2n) is 11.1. The fourth-order valence-electron chi connectivity index (χ4n) is 5.37. The Morgan fingerprint density at radius 1 is 1.14 bits per heavy atom. The van der Waals surface area contributed by atoms with Crippen LogP contribution in [0.5, 0.6) is 0 Å². The zero-order valence-corrected chi connectivity index (χ0v) is 22.1. The first-order valence-corrected chi connectivity index (χ1v) is 12.8. The summed E-state index contributed by atoms with van der Waals surface area (Å²) in [5.74, 6) is -0.993. The van der Waals surface area contributed by atoms with Gasteiger partial charge in [-0.1, -0.05) is 69.3 Å². The van der Waals surface area contributed by atoms with Gasteiger partial charge < -0.3 is 25.4 Å². The summed E-state index contributed by atoms with van der Waals surface area (Å²) in [7, 11) is 1.60.